The number of esters is 1. The molecule has 0 aromatic carbocycles. The number of amides is 1. The normalized spacial score (nSPS) is 10.6. The lowest BCUT2D eigenvalue weighted by atomic mass is 10.3. The second kappa shape index (κ2) is 7.28. The number of anilines is 1. The summed E-state index contributed by atoms with van der Waals surface area (Å²) in [5.74, 6) is -0.475. The van der Waals surface area contributed by atoms with E-state index in [1.165, 1.54) is 10.9 Å². The van der Waals surface area contributed by atoms with E-state index in [4.69, 9.17) is 16.3 Å². The third kappa shape index (κ3) is 4.10. The van der Waals surface area contributed by atoms with Gasteiger partial charge < -0.3 is 10.1 Å². The van der Waals surface area contributed by atoms with Gasteiger partial charge in [-0.25, -0.2) is 4.79 Å². The van der Waals surface area contributed by atoms with Gasteiger partial charge in [-0.2, -0.15) is 10.2 Å². The first kappa shape index (κ1) is 17.0. The minimum atomic E-state index is -0.523. The first-order chi connectivity index (χ1) is 10.9. The number of ether oxygens (including phenoxy) is 1. The highest BCUT2D eigenvalue weighted by Gasteiger charge is 2.19. The van der Waals surface area contributed by atoms with E-state index < -0.39 is 5.97 Å². The highest BCUT2D eigenvalue weighted by atomic mass is 35.5. The average Bonchev–Trinajstić information content (AvgIpc) is 3.01. The molecular formula is C14H18ClN5O3. The van der Waals surface area contributed by atoms with E-state index in [2.05, 4.69) is 15.5 Å². The maximum absolute atomic E-state index is 12.1. The van der Waals surface area contributed by atoms with E-state index in [9.17, 15) is 9.59 Å². The van der Waals surface area contributed by atoms with Crippen LogP contribution in [0.1, 0.15) is 29.4 Å². The zero-order valence-corrected chi connectivity index (χ0v) is 13.9. The van der Waals surface area contributed by atoms with E-state index in [0.29, 0.717) is 23.1 Å². The van der Waals surface area contributed by atoms with Crippen molar-refractivity contribution in [3.63, 3.8) is 0 Å². The van der Waals surface area contributed by atoms with Crippen molar-refractivity contribution < 1.29 is 14.3 Å². The maximum atomic E-state index is 12.1. The molecular weight excluding hydrogens is 322 g/mol. The largest absolute Gasteiger partial charge is 0.462 e. The fourth-order valence-corrected chi connectivity index (χ4v) is 2.11. The Morgan fingerprint density at radius 2 is 2.17 bits per heavy atom. The summed E-state index contributed by atoms with van der Waals surface area (Å²) in [4.78, 5) is 23.9. The Morgan fingerprint density at radius 1 is 1.43 bits per heavy atom. The predicted octanol–water partition coefficient (Wildman–Crippen LogP) is 1.78. The number of carbonyl (C=O) groups is 2. The van der Waals surface area contributed by atoms with Gasteiger partial charge in [0.05, 0.1) is 23.5 Å². The predicted molar refractivity (Wildman–Crippen MR) is 84.4 cm³/mol. The number of hydrogen-bond donors (Lipinski definition) is 1. The molecule has 0 radical (unpaired) electrons. The molecule has 0 aliphatic heterocycles. The van der Waals surface area contributed by atoms with Crippen LogP contribution in [-0.2, 0) is 23.1 Å². The lowest BCUT2D eigenvalue weighted by Crippen LogP contribution is -2.19. The molecule has 2 aromatic rings. The summed E-state index contributed by atoms with van der Waals surface area (Å²) in [7, 11) is 1.63. The van der Waals surface area contributed by atoms with Crippen LogP contribution >= 0.6 is 11.6 Å². The summed E-state index contributed by atoms with van der Waals surface area (Å²) in [6, 6.07) is 0. The second-order valence-electron chi connectivity index (χ2n) is 4.87. The first-order valence-corrected chi connectivity index (χ1v) is 7.48. The zero-order chi connectivity index (χ0) is 17.0. The molecule has 0 aliphatic carbocycles. The second-order valence-corrected chi connectivity index (χ2v) is 5.28. The molecule has 1 amide bonds. The fourth-order valence-electron chi connectivity index (χ4n) is 1.96. The van der Waals surface area contributed by atoms with Gasteiger partial charge in [0, 0.05) is 26.2 Å². The Kier molecular flexibility index (Phi) is 5.38. The van der Waals surface area contributed by atoms with Gasteiger partial charge in [-0.3, -0.25) is 14.2 Å². The van der Waals surface area contributed by atoms with Gasteiger partial charge in [0.2, 0.25) is 5.91 Å². The molecule has 1 N–H and O–H groups in total. The van der Waals surface area contributed by atoms with Crippen LogP contribution in [0.25, 0.3) is 0 Å². The van der Waals surface area contributed by atoms with Crippen LogP contribution < -0.4 is 5.32 Å². The van der Waals surface area contributed by atoms with Crippen LogP contribution in [0, 0.1) is 6.92 Å². The molecule has 0 atom stereocenters. The van der Waals surface area contributed by atoms with Gasteiger partial charge in [0.25, 0.3) is 0 Å². The van der Waals surface area contributed by atoms with Crippen LogP contribution in [-0.4, -0.2) is 38.0 Å². The summed E-state index contributed by atoms with van der Waals surface area (Å²) in [6.07, 6.45) is 3.22. The molecule has 0 spiro atoms. The number of nitrogens with zero attached hydrogens (tertiary/aromatic N) is 4. The third-order valence-corrected chi connectivity index (χ3v) is 3.52. The maximum Gasteiger partial charge on any atom is 0.343 e. The van der Waals surface area contributed by atoms with Gasteiger partial charge >= 0.3 is 5.97 Å². The summed E-state index contributed by atoms with van der Waals surface area (Å²) < 4.78 is 7.96. The molecule has 8 nitrogen and oxygen atoms in total. The molecule has 9 heteroatoms. The molecule has 0 fully saturated rings. The highest BCUT2D eigenvalue weighted by molar-refractivity contribution is 6.31. The molecule has 2 heterocycles. The number of nitrogens with one attached hydrogen (secondary N) is 1. The van der Waals surface area contributed by atoms with Crippen molar-refractivity contribution in [2.24, 2.45) is 7.05 Å². The van der Waals surface area contributed by atoms with Crippen molar-refractivity contribution in [1.82, 2.24) is 19.6 Å². The Morgan fingerprint density at radius 3 is 2.78 bits per heavy atom. The summed E-state index contributed by atoms with van der Waals surface area (Å²) in [6.45, 7) is 4.14. The lowest BCUT2D eigenvalue weighted by molar-refractivity contribution is -0.116. The lowest BCUT2D eigenvalue weighted by Gasteiger charge is -2.08. The van der Waals surface area contributed by atoms with Gasteiger partial charge in [-0.05, 0) is 13.8 Å². The molecule has 23 heavy (non-hydrogen) atoms. The minimum Gasteiger partial charge on any atom is -0.462 e. The zero-order valence-electron chi connectivity index (χ0n) is 13.2. The van der Waals surface area contributed by atoms with Gasteiger partial charge in [0.15, 0.2) is 0 Å². The highest BCUT2D eigenvalue weighted by Crippen LogP contribution is 2.16. The number of aromatic nitrogens is 4. The SMILES string of the molecule is CCOC(=O)c1cnn(C)c1NC(=O)CCn1cc(Cl)c(C)n1. The van der Waals surface area contributed by atoms with Crippen LogP contribution in [0.4, 0.5) is 5.82 Å². The van der Waals surface area contributed by atoms with Crippen molar-refractivity contribution >= 4 is 29.3 Å². The van der Waals surface area contributed by atoms with Crippen LogP contribution in [0.5, 0.6) is 0 Å². The van der Waals surface area contributed by atoms with E-state index in [1.807, 2.05) is 0 Å². The average molecular weight is 340 g/mol. The van der Waals surface area contributed by atoms with Crippen LogP contribution in [0.15, 0.2) is 12.4 Å². The van der Waals surface area contributed by atoms with Crippen molar-refractivity contribution in [1.29, 1.82) is 0 Å². The molecule has 0 bridgehead atoms. The summed E-state index contributed by atoms with van der Waals surface area (Å²) >= 11 is 5.92. The molecule has 0 saturated carbocycles. The Hall–Kier alpha value is -2.35. The van der Waals surface area contributed by atoms with E-state index >= 15 is 0 Å². The monoisotopic (exact) mass is 339 g/mol. The third-order valence-electron chi connectivity index (χ3n) is 3.15. The van der Waals surface area contributed by atoms with Crippen molar-refractivity contribution in [3.8, 4) is 0 Å². The summed E-state index contributed by atoms with van der Waals surface area (Å²) in [5, 5.41) is 11.4. The molecule has 124 valence electrons. The molecule has 0 unspecified atom stereocenters. The van der Waals surface area contributed by atoms with E-state index in [1.54, 1.807) is 31.8 Å². The molecule has 0 aliphatic rings. The smallest absolute Gasteiger partial charge is 0.343 e. The van der Waals surface area contributed by atoms with Crippen LogP contribution in [0.2, 0.25) is 5.02 Å². The van der Waals surface area contributed by atoms with Crippen molar-refractivity contribution in [2.75, 3.05) is 11.9 Å². The van der Waals surface area contributed by atoms with Crippen molar-refractivity contribution in [2.45, 2.75) is 26.8 Å². The van der Waals surface area contributed by atoms with E-state index in [-0.39, 0.29) is 24.5 Å². The first-order valence-electron chi connectivity index (χ1n) is 7.11. The minimum absolute atomic E-state index is 0.185. The molecule has 2 aromatic heterocycles. The molecule has 0 saturated heterocycles. The van der Waals surface area contributed by atoms with Gasteiger partial charge in [-0.1, -0.05) is 11.6 Å². The van der Waals surface area contributed by atoms with Gasteiger partial charge in [0.1, 0.15) is 11.4 Å². The standard InChI is InChI=1S/C14H18ClN5O3/c1-4-23-14(22)10-7-16-19(3)13(10)17-12(21)5-6-20-8-11(15)9(2)18-20/h7-8H,4-6H2,1-3H3,(H,17,21). The molecule has 2 rings (SSSR count). The number of hydrogen-bond acceptors (Lipinski definition) is 5. The Bertz CT molecular complexity index is 703. The van der Waals surface area contributed by atoms with E-state index in [0.717, 1.165) is 0 Å². The van der Waals surface area contributed by atoms with Crippen LogP contribution in [0.3, 0.4) is 0 Å². The fraction of sp³-hybridized carbons (Fsp3) is 0.429. The number of rotatable bonds is 6. The van der Waals surface area contributed by atoms with Gasteiger partial charge in [-0.15, -0.1) is 0 Å². The number of carbonyl (C=O) groups excluding carboxylic acids is 2. The Labute approximate surface area is 138 Å². The quantitative estimate of drug-likeness (QED) is 0.810. The topological polar surface area (TPSA) is 91.0 Å². The summed E-state index contributed by atoms with van der Waals surface area (Å²) in [5.41, 5.74) is 0.934. The number of halogens is 1. The Balaban J connectivity index is 2.00. The number of aryl methyl sites for hydroxylation is 3. The van der Waals surface area contributed by atoms with Crippen molar-refractivity contribution in [3.05, 3.63) is 28.7 Å².